The Morgan fingerprint density at radius 2 is 2.24 bits per heavy atom. The molecule has 0 spiro atoms. The number of hydrogen-bond acceptors (Lipinski definition) is 3. The lowest BCUT2D eigenvalue weighted by Crippen LogP contribution is -2.41. The molecule has 3 unspecified atom stereocenters. The number of amides is 1. The van der Waals surface area contributed by atoms with Crippen LogP contribution in [0.3, 0.4) is 0 Å². The third kappa shape index (κ3) is 3.23. The molecular formula is C16H22ClN3O. The van der Waals surface area contributed by atoms with Crippen LogP contribution in [0.2, 0.25) is 5.02 Å². The molecule has 2 heterocycles. The first kappa shape index (κ1) is 14.8. The van der Waals surface area contributed by atoms with Crippen molar-refractivity contribution < 1.29 is 4.79 Å². The maximum atomic E-state index is 12.1. The van der Waals surface area contributed by atoms with E-state index < -0.39 is 0 Å². The molecule has 114 valence electrons. The van der Waals surface area contributed by atoms with Crippen molar-refractivity contribution in [2.24, 2.45) is 11.8 Å². The van der Waals surface area contributed by atoms with E-state index in [0.717, 1.165) is 25.2 Å². The molecule has 3 atom stereocenters. The fourth-order valence-corrected chi connectivity index (χ4v) is 3.74. The van der Waals surface area contributed by atoms with Gasteiger partial charge in [0.25, 0.3) is 0 Å². The number of carbonyl (C=O) groups is 1. The molecule has 2 fully saturated rings. The number of fused-ring (bicyclic) bond motifs is 1. The standard InChI is InChI=1S/C16H22ClN3O/c1-11-14-8-18-6-13(14)9-20(11)10-16(21)19-7-12-4-2-3-5-15(12)17/h2-5,11,13-14,18H,6-10H2,1H3,(H,19,21). The van der Waals surface area contributed by atoms with Gasteiger partial charge in [0, 0.05) is 24.2 Å². The smallest absolute Gasteiger partial charge is 0.234 e. The molecule has 1 aromatic carbocycles. The van der Waals surface area contributed by atoms with Crippen LogP contribution in [0.25, 0.3) is 0 Å². The largest absolute Gasteiger partial charge is 0.351 e. The van der Waals surface area contributed by atoms with Gasteiger partial charge in [-0.15, -0.1) is 0 Å². The summed E-state index contributed by atoms with van der Waals surface area (Å²) in [6, 6.07) is 8.10. The normalized spacial score (nSPS) is 28.6. The van der Waals surface area contributed by atoms with Crippen molar-refractivity contribution in [3.05, 3.63) is 34.9 Å². The van der Waals surface area contributed by atoms with Gasteiger partial charge in [-0.25, -0.2) is 0 Å². The van der Waals surface area contributed by atoms with Crippen LogP contribution in [0.5, 0.6) is 0 Å². The van der Waals surface area contributed by atoms with Crippen LogP contribution in [0, 0.1) is 11.8 Å². The summed E-state index contributed by atoms with van der Waals surface area (Å²) < 4.78 is 0. The molecule has 2 N–H and O–H groups in total. The number of likely N-dealkylation sites (tertiary alicyclic amines) is 1. The molecular weight excluding hydrogens is 286 g/mol. The minimum Gasteiger partial charge on any atom is -0.351 e. The van der Waals surface area contributed by atoms with Crippen LogP contribution in [-0.4, -0.2) is 43.0 Å². The molecule has 21 heavy (non-hydrogen) atoms. The summed E-state index contributed by atoms with van der Waals surface area (Å²) in [5.74, 6) is 1.48. The number of rotatable bonds is 4. The van der Waals surface area contributed by atoms with E-state index >= 15 is 0 Å². The lowest BCUT2D eigenvalue weighted by molar-refractivity contribution is -0.122. The molecule has 2 aliphatic rings. The highest BCUT2D eigenvalue weighted by Crippen LogP contribution is 2.31. The van der Waals surface area contributed by atoms with Gasteiger partial charge < -0.3 is 10.6 Å². The van der Waals surface area contributed by atoms with Gasteiger partial charge in [-0.05, 0) is 43.5 Å². The zero-order valence-electron chi connectivity index (χ0n) is 12.3. The van der Waals surface area contributed by atoms with Gasteiger partial charge >= 0.3 is 0 Å². The summed E-state index contributed by atoms with van der Waals surface area (Å²) >= 11 is 6.10. The molecule has 3 rings (SSSR count). The Morgan fingerprint density at radius 1 is 1.43 bits per heavy atom. The highest BCUT2D eigenvalue weighted by atomic mass is 35.5. The summed E-state index contributed by atoms with van der Waals surface area (Å²) in [5.41, 5.74) is 0.961. The average Bonchev–Trinajstić information content (AvgIpc) is 3.03. The number of hydrogen-bond donors (Lipinski definition) is 2. The molecule has 2 aliphatic heterocycles. The first-order valence-electron chi connectivity index (χ1n) is 7.60. The van der Waals surface area contributed by atoms with Crippen molar-refractivity contribution in [3.63, 3.8) is 0 Å². The fourth-order valence-electron chi connectivity index (χ4n) is 3.54. The van der Waals surface area contributed by atoms with E-state index in [1.807, 2.05) is 24.3 Å². The average molecular weight is 308 g/mol. The Labute approximate surface area is 130 Å². The van der Waals surface area contributed by atoms with Gasteiger partial charge in [0.2, 0.25) is 5.91 Å². The SMILES string of the molecule is CC1C2CNCC2CN1CC(=O)NCc1ccccc1Cl. The van der Waals surface area contributed by atoms with Crippen LogP contribution in [-0.2, 0) is 11.3 Å². The quantitative estimate of drug-likeness (QED) is 0.886. The number of halogens is 1. The summed E-state index contributed by atoms with van der Waals surface area (Å²) in [6.45, 7) is 6.42. The third-order valence-corrected chi connectivity index (χ3v) is 5.21. The molecule has 0 aromatic heterocycles. The van der Waals surface area contributed by atoms with Crippen molar-refractivity contribution in [1.29, 1.82) is 0 Å². The zero-order chi connectivity index (χ0) is 14.8. The molecule has 0 saturated carbocycles. The van der Waals surface area contributed by atoms with Crippen LogP contribution in [0.4, 0.5) is 0 Å². The van der Waals surface area contributed by atoms with Gasteiger partial charge in [0.1, 0.15) is 0 Å². The Hall–Kier alpha value is -1.10. The van der Waals surface area contributed by atoms with Crippen LogP contribution in [0.1, 0.15) is 12.5 Å². The monoisotopic (exact) mass is 307 g/mol. The van der Waals surface area contributed by atoms with E-state index in [0.29, 0.717) is 36.0 Å². The van der Waals surface area contributed by atoms with Gasteiger partial charge in [-0.2, -0.15) is 0 Å². The van der Waals surface area contributed by atoms with Gasteiger partial charge in [0.05, 0.1) is 6.54 Å². The molecule has 2 saturated heterocycles. The van der Waals surface area contributed by atoms with Crippen molar-refractivity contribution in [1.82, 2.24) is 15.5 Å². The highest BCUT2D eigenvalue weighted by molar-refractivity contribution is 6.31. The van der Waals surface area contributed by atoms with Crippen LogP contribution >= 0.6 is 11.6 Å². The van der Waals surface area contributed by atoms with Crippen LogP contribution in [0.15, 0.2) is 24.3 Å². The Bertz CT molecular complexity index is 522. The Balaban J connectivity index is 1.50. The summed E-state index contributed by atoms with van der Waals surface area (Å²) in [4.78, 5) is 14.4. The Morgan fingerprint density at radius 3 is 3.00 bits per heavy atom. The second-order valence-corrected chi connectivity index (χ2v) is 6.53. The van der Waals surface area contributed by atoms with Gasteiger partial charge in [-0.1, -0.05) is 29.8 Å². The first-order chi connectivity index (χ1) is 10.1. The van der Waals surface area contributed by atoms with E-state index in [4.69, 9.17) is 11.6 Å². The topological polar surface area (TPSA) is 44.4 Å². The molecule has 5 heteroatoms. The molecule has 1 aromatic rings. The Kier molecular flexibility index (Phi) is 4.48. The van der Waals surface area contributed by atoms with Gasteiger partial charge in [0.15, 0.2) is 0 Å². The van der Waals surface area contributed by atoms with Crippen molar-refractivity contribution in [3.8, 4) is 0 Å². The predicted octanol–water partition coefficient (Wildman–Crippen LogP) is 1.50. The fraction of sp³-hybridized carbons (Fsp3) is 0.562. The maximum absolute atomic E-state index is 12.1. The molecule has 4 nitrogen and oxygen atoms in total. The second kappa shape index (κ2) is 6.34. The zero-order valence-corrected chi connectivity index (χ0v) is 13.1. The minimum absolute atomic E-state index is 0.0784. The van der Waals surface area contributed by atoms with Crippen LogP contribution < -0.4 is 10.6 Å². The van der Waals surface area contributed by atoms with Crippen molar-refractivity contribution in [2.75, 3.05) is 26.2 Å². The molecule has 0 radical (unpaired) electrons. The van der Waals surface area contributed by atoms with Gasteiger partial charge in [-0.3, -0.25) is 9.69 Å². The van der Waals surface area contributed by atoms with E-state index in [-0.39, 0.29) is 5.91 Å². The summed E-state index contributed by atoms with van der Waals surface area (Å²) in [5, 5.41) is 7.11. The molecule has 1 amide bonds. The van der Waals surface area contributed by atoms with E-state index in [2.05, 4.69) is 22.5 Å². The number of nitrogens with zero attached hydrogens (tertiary/aromatic N) is 1. The van der Waals surface area contributed by atoms with E-state index in [1.165, 1.54) is 0 Å². The van der Waals surface area contributed by atoms with E-state index in [9.17, 15) is 4.79 Å². The predicted molar refractivity (Wildman–Crippen MR) is 84.2 cm³/mol. The summed E-state index contributed by atoms with van der Waals surface area (Å²) in [7, 11) is 0. The lowest BCUT2D eigenvalue weighted by Gasteiger charge is -2.23. The number of carbonyl (C=O) groups excluding carboxylic acids is 1. The molecule has 0 aliphatic carbocycles. The lowest BCUT2D eigenvalue weighted by atomic mass is 9.95. The second-order valence-electron chi connectivity index (χ2n) is 6.12. The summed E-state index contributed by atoms with van der Waals surface area (Å²) in [6.07, 6.45) is 0. The van der Waals surface area contributed by atoms with Crippen molar-refractivity contribution >= 4 is 17.5 Å². The van der Waals surface area contributed by atoms with E-state index in [1.54, 1.807) is 0 Å². The maximum Gasteiger partial charge on any atom is 0.234 e. The first-order valence-corrected chi connectivity index (χ1v) is 7.98. The van der Waals surface area contributed by atoms with Crippen molar-refractivity contribution in [2.45, 2.75) is 19.5 Å². The highest BCUT2D eigenvalue weighted by Gasteiger charge is 2.41. The molecule has 0 bridgehead atoms. The number of nitrogens with one attached hydrogen (secondary N) is 2. The minimum atomic E-state index is 0.0784. The number of benzene rings is 1. The third-order valence-electron chi connectivity index (χ3n) is 4.84.